The van der Waals surface area contributed by atoms with E-state index >= 15 is 0 Å². The van der Waals surface area contributed by atoms with Crippen LogP contribution in [-0.4, -0.2) is 34.3 Å². The molecule has 0 spiro atoms. The first-order valence-electron chi connectivity index (χ1n) is 6.96. The van der Waals surface area contributed by atoms with Crippen molar-refractivity contribution in [2.24, 2.45) is 0 Å². The summed E-state index contributed by atoms with van der Waals surface area (Å²) in [6, 6.07) is 5.88. The van der Waals surface area contributed by atoms with Gasteiger partial charge < -0.3 is 0 Å². The van der Waals surface area contributed by atoms with Gasteiger partial charge in [0.05, 0.1) is 11.1 Å². The van der Waals surface area contributed by atoms with Crippen LogP contribution >= 0.6 is 0 Å². The smallest absolute Gasteiger partial charge is 0.285 e. The lowest BCUT2D eigenvalue weighted by molar-refractivity contribution is -0.151. The largest absolute Gasteiger partial charge is 0.292 e. The molecule has 3 rings (SSSR count). The SMILES string of the molecule is CC.O=C1CCC(F)(N2C(=O)c3ccccc3C2=O)C(=O)N1. The van der Waals surface area contributed by atoms with Gasteiger partial charge in [0, 0.05) is 12.8 Å². The molecule has 0 radical (unpaired) electrons. The number of hydrogen-bond donors (Lipinski definition) is 1. The Morgan fingerprint density at radius 2 is 1.55 bits per heavy atom. The molecule has 2 heterocycles. The number of fused-ring (bicyclic) bond motifs is 1. The molecule has 4 amide bonds. The van der Waals surface area contributed by atoms with E-state index in [2.05, 4.69) is 0 Å². The topological polar surface area (TPSA) is 83.6 Å². The lowest BCUT2D eigenvalue weighted by atomic mass is 10.0. The van der Waals surface area contributed by atoms with Gasteiger partial charge in [0.25, 0.3) is 23.5 Å². The minimum Gasteiger partial charge on any atom is -0.292 e. The minimum atomic E-state index is -2.82. The number of alkyl halides is 1. The number of amides is 4. The molecular formula is C15H15FN2O4. The van der Waals surface area contributed by atoms with Crippen molar-refractivity contribution in [2.75, 3.05) is 0 Å². The van der Waals surface area contributed by atoms with E-state index in [0.29, 0.717) is 4.90 Å². The molecule has 0 aromatic heterocycles. The van der Waals surface area contributed by atoms with Gasteiger partial charge in [-0.25, -0.2) is 9.29 Å². The number of piperidine rings is 1. The van der Waals surface area contributed by atoms with Crippen molar-refractivity contribution in [3.63, 3.8) is 0 Å². The van der Waals surface area contributed by atoms with E-state index < -0.39 is 35.8 Å². The van der Waals surface area contributed by atoms with Gasteiger partial charge >= 0.3 is 0 Å². The molecule has 1 aromatic carbocycles. The van der Waals surface area contributed by atoms with E-state index in [9.17, 15) is 23.6 Å². The zero-order valence-corrected chi connectivity index (χ0v) is 12.2. The summed E-state index contributed by atoms with van der Waals surface area (Å²) in [4.78, 5) is 47.4. The average Bonchev–Trinajstić information content (AvgIpc) is 2.78. The Morgan fingerprint density at radius 3 is 2.00 bits per heavy atom. The number of hydrogen-bond acceptors (Lipinski definition) is 4. The Bertz CT molecular complexity index is 638. The van der Waals surface area contributed by atoms with Crippen molar-refractivity contribution >= 4 is 23.6 Å². The Labute approximate surface area is 126 Å². The Hall–Kier alpha value is -2.57. The summed E-state index contributed by atoms with van der Waals surface area (Å²) < 4.78 is 14.8. The van der Waals surface area contributed by atoms with E-state index in [0.717, 1.165) is 0 Å². The molecule has 1 fully saturated rings. The summed E-state index contributed by atoms with van der Waals surface area (Å²) in [5, 5.41) is 1.82. The van der Waals surface area contributed by atoms with Gasteiger partial charge in [-0.2, -0.15) is 0 Å². The maximum atomic E-state index is 14.8. The van der Waals surface area contributed by atoms with Gasteiger partial charge in [-0.05, 0) is 12.1 Å². The molecule has 22 heavy (non-hydrogen) atoms. The maximum Gasteiger partial charge on any atom is 0.285 e. The summed E-state index contributed by atoms with van der Waals surface area (Å²) in [6.45, 7) is 4.00. The summed E-state index contributed by atoms with van der Waals surface area (Å²) in [7, 11) is 0. The molecule has 1 saturated heterocycles. The highest BCUT2D eigenvalue weighted by atomic mass is 19.1. The van der Waals surface area contributed by atoms with E-state index in [4.69, 9.17) is 0 Å². The number of rotatable bonds is 1. The fourth-order valence-corrected chi connectivity index (χ4v) is 2.40. The highest BCUT2D eigenvalue weighted by Gasteiger charge is 2.56. The Balaban J connectivity index is 0.000000847. The van der Waals surface area contributed by atoms with Crippen LogP contribution in [0.5, 0.6) is 0 Å². The highest BCUT2D eigenvalue weighted by Crippen LogP contribution is 2.35. The molecule has 1 N–H and O–H groups in total. The lowest BCUT2D eigenvalue weighted by Gasteiger charge is -2.33. The van der Waals surface area contributed by atoms with E-state index in [1.54, 1.807) is 12.1 Å². The third kappa shape index (κ3) is 2.18. The standard InChI is InChI=1S/C13H9FN2O4.C2H6/c14-13(6-5-9(17)15-12(13)20)16-10(18)7-3-1-2-4-8(7)11(16)19;1-2/h1-4H,5-6H2,(H,15,17,20);1-2H3. The van der Waals surface area contributed by atoms with Crippen LogP contribution in [0.15, 0.2) is 24.3 Å². The van der Waals surface area contributed by atoms with Crippen LogP contribution in [0.3, 0.4) is 0 Å². The predicted octanol–water partition coefficient (Wildman–Crippen LogP) is 1.41. The van der Waals surface area contributed by atoms with Crippen molar-refractivity contribution in [3.05, 3.63) is 35.4 Å². The molecule has 0 aliphatic carbocycles. The van der Waals surface area contributed by atoms with Crippen LogP contribution in [0, 0.1) is 0 Å². The first-order valence-corrected chi connectivity index (χ1v) is 6.96. The van der Waals surface area contributed by atoms with E-state index in [1.165, 1.54) is 12.1 Å². The molecule has 1 unspecified atom stereocenters. The average molecular weight is 306 g/mol. The summed E-state index contributed by atoms with van der Waals surface area (Å²) in [6.07, 6.45) is -0.793. The minimum absolute atomic E-state index is 0.0548. The van der Waals surface area contributed by atoms with Crippen LogP contribution < -0.4 is 5.32 Å². The number of carbonyl (C=O) groups is 4. The summed E-state index contributed by atoms with van der Waals surface area (Å²) in [5.74, 6) is -6.44. The molecular weight excluding hydrogens is 291 g/mol. The Kier molecular flexibility index (Phi) is 4.07. The Morgan fingerprint density at radius 1 is 1.05 bits per heavy atom. The molecule has 116 valence electrons. The predicted molar refractivity (Wildman–Crippen MR) is 74.5 cm³/mol. The molecule has 2 aliphatic rings. The van der Waals surface area contributed by atoms with Crippen molar-refractivity contribution in [3.8, 4) is 0 Å². The zero-order valence-electron chi connectivity index (χ0n) is 12.2. The fraction of sp³-hybridized carbons (Fsp3) is 0.333. The second-order valence-corrected chi connectivity index (χ2v) is 4.63. The number of carbonyl (C=O) groups excluding carboxylic acids is 4. The highest BCUT2D eigenvalue weighted by molar-refractivity contribution is 6.23. The molecule has 1 aromatic rings. The fourth-order valence-electron chi connectivity index (χ4n) is 2.40. The number of halogens is 1. The third-order valence-corrected chi connectivity index (χ3v) is 3.43. The second kappa shape index (κ2) is 5.67. The number of imide groups is 2. The lowest BCUT2D eigenvalue weighted by Crippen LogP contribution is -2.61. The quantitative estimate of drug-likeness (QED) is 0.628. The van der Waals surface area contributed by atoms with Gasteiger partial charge in [0.1, 0.15) is 0 Å². The van der Waals surface area contributed by atoms with Gasteiger partial charge in [0.2, 0.25) is 5.91 Å². The maximum absolute atomic E-state index is 14.8. The van der Waals surface area contributed by atoms with Crippen LogP contribution in [0.4, 0.5) is 4.39 Å². The monoisotopic (exact) mass is 306 g/mol. The molecule has 2 aliphatic heterocycles. The summed E-state index contributed by atoms with van der Waals surface area (Å²) >= 11 is 0. The van der Waals surface area contributed by atoms with Gasteiger partial charge in [-0.3, -0.25) is 24.5 Å². The second-order valence-electron chi connectivity index (χ2n) is 4.63. The van der Waals surface area contributed by atoms with Crippen LogP contribution in [0.25, 0.3) is 0 Å². The normalized spacial score (nSPS) is 23.7. The van der Waals surface area contributed by atoms with Crippen LogP contribution in [-0.2, 0) is 9.59 Å². The van der Waals surface area contributed by atoms with E-state index in [-0.39, 0.29) is 17.5 Å². The number of nitrogens with zero attached hydrogens (tertiary/aromatic N) is 1. The van der Waals surface area contributed by atoms with Crippen molar-refractivity contribution < 1.29 is 23.6 Å². The first kappa shape index (κ1) is 15.8. The van der Waals surface area contributed by atoms with Crippen LogP contribution in [0.1, 0.15) is 47.4 Å². The third-order valence-electron chi connectivity index (χ3n) is 3.43. The molecule has 6 nitrogen and oxygen atoms in total. The number of benzene rings is 1. The molecule has 7 heteroatoms. The zero-order chi connectivity index (χ0) is 16.5. The van der Waals surface area contributed by atoms with Crippen molar-refractivity contribution in [1.29, 1.82) is 0 Å². The van der Waals surface area contributed by atoms with Crippen LogP contribution in [0.2, 0.25) is 0 Å². The van der Waals surface area contributed by atoms with E-state index in [1.807, 2.05) is 19.2 Å². The van der Waals surface area contributed by atoms with Gasteiger partial charge in [-0.1, -0.05) is 26.0 Å². The van der Waals surface area contributed by atoms with Crippen molar-refractivity contribution in [2.45, 2.75) is 32.5 Å². The molecule has 0 bridgehead atoms. The summed E-state index contributed by atoms with van der Waals surface area (Å²) in [5.41, 5.74) is 0.110. The first-order chi connectivity index (χ1) is 10.4. The molecule has 0 saturated carbocycles. The van der Waals surface area contributed by atoms with Gasteiger partial charge in [0.15, 0.2) is 0 Å². The van der Waals surface area contributed by atoms with Crippen molar-refractivity contribution in [1.82, 2.24) is 10.2 Å². The number of nitrogens with one attached hydrogen (secondary N) is 1. The van der Waals surface area contributed by atoms with Gasteiger partial charge in [-0.15, -0.1) is 0 Å². The molecule has 1 atom stereocenters.